The van der Waals surface area contributed by atoms with Crippen LogP contribution in [-0.4, -0.2) is 34.2 Å². The minimum absolute atomic E-state index is 0.0761. The maximum atomic E-state index is 11.8. The van der Waals surface area contributed by atoms with Crippen LogP contribution in [0.4, 0.5) is 0 Å². The third kappa shape index (κ3) is 3.05. The van der Waals surface area contributed by atoms with Gasteiger partial charge in [0.2, 0.25) is 0 Å². The number of benzene rings is 1. The topological polar surface area (TPSA) is 57.8 Å². The van der Waals surface area contributed by atoms with E-state index in [1.54, 1.807) is 30.1 Å². The molecule has 0 saturated carbocycles. The molecule has 4 nitrogen and oxygen atoms in total. The Morgan fingerprint density at radius 1 is 1.56 bits per heavy atom. The third-order valence-electron chi connectivity index (χ3n) is 2.42. The molecule has 18 heavy (non-hydrogen) atoms. The van der Waals surface area contributed by atoms with Crippen LogP contribution >= 0.6 is 11.8 Å². The highest BCUT2D eigenvalue weighted by Crippen LogP contribution is 2.12. The van der Waals surface area contributed by atoms with Crippen molar-refractivity contribution in [1.29, 1.82) is 0 Å². The minimum atomic E-state index is -0.0761. The van der Waals surface area contributed by atoms with E-state index in [4.69, 9.17) is 6.42 Å². The van der Waals surface area contributed by atoms with Crippen LogP contribution in [0, 0.1) is 12.3 Å². The van der Waals surface area contributed by atoms with Gasteiger partial charge in [0.1, 0.15) is 0 Å². The number of nitrogens with zero attached hydrogens (tertiary/aromatic N) is 1. The Labute approximate surface area is 110 Å². The van der Waals surface area contributed by atoms with E-state index < -0.39 is 0 Å². The first-order valence-corrected chi connectivity index (χ1v) is 6.69. The zero-order valence-electron chi connectivity index (χ0n) is 9.77. The highest BCUT2D eigenvalue weighted by atomic mass is 32.2. The number of fused-ring (bicyclic) bond motifs is 1. The summed E-state index contributed by atoms with van der Waals surface area (Å²) in [5.74, 6) is 3.97. The number of terminal acetylenes is 1. The average Bonchev–Trinajstić information content (AvgIpc) is 2.85. The van der Waals surface area contributed by atoms with Gasteiger partial charge in [0.15, 0.2) is 0 Å². The van der Waals surface area contributed by atoms with Crippen LogP contribution in [0.3, 0.4) is 0 Å². The van der Waals surface area contributed by atoms with Gasteiger partial charge >= 0.3 is 0 Å². The molecule has 0 aliphatic carbocycles. The maximum absolute atomic E-state index is 11.8. The first-order chi connectivity index (χ1) is 8.81. The van der Waals surface area contributed by atoms with E-state index >= 15 is 0 Å². The van der Waals surface area contributed by atoms with Gasteiger partial charge < -0.3 is 5.32 Å². The SMILES string of the molecule is C#CCSCCNC(=O)c1ccc2cn[nH]c2c1. The van der Waals surface area contributed by atoms with E-state index in [1.165, 1.54) is 0 Å². The van der Waals surface area contributed by atoms with Crippen LogP contribution in [0.1, 0.15) is 10.4 Å². The van der Waals surface area contributed by atoms with Crippen molar-refractivity contribution < 1.29 is 4.79 Å². The number of aromatic nitrogens is 2. The van der Waals surface area contributed by atoms with Gasteiger partial charge in [-0.25, -0.2) is 0 Å². The van der Waals surface area contributed by atoms with E-state index in [-0.39, 0.29) is 5.91 Å². The monoisotopic (exact) mass is 259 g/mol. The number of hydrogen-bond donors (Lipinski definition) is 2. The molecule has 0 fully saturated rings. The van der Waals surface area contributed by atoms with Gasteiger partial charge in [-0.05, 0) is 12.1 Å². The molecule has 92 valence electrons. The molecule has 0 aliphatic heterocycles. The summed E-state index contributed by atoms with van der Waals surface area (Å²) in [4.78, 5) is 11.8. The normalized spacial score (nSPS) is 10.2. The number of amides is 1. The predicted molar refractivity (Wildman–Crippen MR) is 74.6 cm³/mol. The van der Waals surface area contributed by atoms with Gasteiger partial charge in [-0.3, -0.25) is 9.89 Å². The van der Waals surface area contributed by atoms with Crippen LogP contribution in [0.2, 0.25) is 0 Å². The van der Waals surface area contributed by atoms with E-state index in [0.29, 0.717) is 17.9 Å². The second-order valence-corrected chi connectivity index (χ2v) is 4.79. The molecule has 0 unspecified atom stereocenters. The molecular weight excluding hydrogens is 246 g/mol. The molecule has 1 heterocycles. The second-order valence-electron chi connectivity index (χ2n) is 3.68. The van der Waals surface area contributed by atoms with E-state index in [1.807, 2.05) is 6.07 Å². The fraction of sp³-hybridized carbons (Fsp3) is 0.231. The molecule has 0 bridgehead atoms. The molecule has 1 amide bonds. The molecule has 2 aromatic rings. The van der Waals surface area contributed by atoms with Crippen molar-refractivity contribution in [1.82, 2.24) is 15.5 Å². The van der Waals surface area contributed by atoms with Gasteiger partial charge in [0, 0.05) is 23.2 Å². The van der Waals surface area contributed by atoms with Crippen molar-refractivity contribution >= 4 is 28.6 Å². The minimum Gasteiger partial charge on any atom is -0.351 e. The average molecular weight is 259 g/mol. The number of carbonyl (C=O) groups is 1. The lowest BCUT2D eigenvalue weighted by molar-refractivity contribution is 0.0956. The molecule has 0 spiro atoms. The first-order valence-electron chi connectivity index (χ1n) is 5.54. The van der Waals surface area contributed by atoms with Crippen LogP contribution in [0.15, 0.2) is 24.4 Å². The number of nitrogens with one attached hydrogen (secondary N) is 2. The zero-order chi connectivity index (χ0) is 12.8. The predicted octanol–water partition coefficient (Wildman–Crippen LogP) is 1.66. The Bertz CT molecular complexity index is 585. The Balaban J connectivity index is 1.90. The van der Waals surface area contributed by atoms with E-state index in [0.717, 1.165) is 16.7 Å². The summed E-state index contributed by atoms with van der Waals surface area (Å²) in [6.45, 7) is 0.617. The van der Waals surface area contributed by atoms with Gasteiger partial charge in [0.25, 0.3) is 5.91 Å². The number of thioether (sulfide) groups is 1. The number of carbonyl (C=O) groups excluding carboxylic acids is 1. The number of aromatic amines is 1. The van der Waals surface area contributed by atoms with E-state index in [9.17, 15) is 4.79 Å². The molecule has 5 heteroatoms. The Hall–Kier alpha value is -1.93. The summed E-state index contributed by atoms with van der Waals surface area (Å²) in [6, 6.07) is 5.47. The second kappa shape index (κ2) is 6.12. The lowest BCUT2D eigenvalue weighted by Gasteiger charge is -2.04. The van der Waals surface area contributed by atoms with Gasteiger partial charge in [-0.15, -0.1) is 18.2 Å². The highest BCUT2D eigenvalue weighted by molar-refractivity contribution is 7.99. The number of rotatable bonds is 5. The Morgan fingerprint density at radius 3 is 3.28 bits per heavy atom. The summed E-state index contributed by atoms with van der Waals surface area (Å²) in [5, 5.41) is 10.6. The Morgan fingerprint density at radius 2 is 2.44 bits per heavy atom. The van der Waals surface area contributed by atoms with Crippen molar-refractivity contribution in [3.8, 4) is 12.3 Å². The summed E-state index contributed by atoms with van der Waals surface area (Å²) in [6.07, 6.45) is 6.87. The van der Waals surface area contributed by atoms with Crippen molar-refractivity contribution in [2.45, 2.75) is 0 Å². The first kappa shape index (κ1) is 12.5. The molecule has 0 atom stereocenters. The van der Waals surface area contributed by atoms with Crippen molar-refractivity contribution in [3.05, 3.63) is 30.0 Å². The molecule has 1 aromatic carbocycles. The molecule has 2 N–H and O–H groups in total. The quantitative estimate of drug-likeness (QED) is 0.634. The van der Waals surface area contributed by atoms with Crippen LogP contribution in [0.25, 0.3) is 10.9 Å². The molecule has 1 aromatic heterocycles. The van der Waals surface area contributed by atoms with Gasteiger partial charge in [-0.2, -0.15) is 5.10 Å². The molecule has 0 aliphatic rings. The number of H-pyrrole nitrogens is 1. The van der Waals surface area contributed by atoms with Gasteiger partial charge in [0.05, 0.1) is 17.5 Å². The summed E-state index contributed by atoms with van der Waals surface area (Å²) >= 11 is 1.63. The Kier molecular flexibility index (Phi) is 4.26. The standard InChI is InChI=1S/C13H13N3OS/c1-2-6-18-7-5-14-13(17)10-3-4-11-9-15-16-12(11)8-10/h1,3-4,8-9H,5-7H2,(H,14,17)(H,15,16). The smallest absolute Gasteiger partial charge is 0.251 e. The largest absolute Gasteiger partial charge is 0.351 e. The molecule has 2 rings (SSSR count). The van der Waals surface area contributed by atoms with Crippen molar-refractivity contribution in [2.24, 2.45) is 0 Å². The highest BCUT2D eigenvalue weighted by Gasteiger charge is 2.06. The summed E-state index contributed by atoms with van der Waals surface area (Å²) < 4.78 is 0. The lowest BCUT2D eigenvalue weighted by atomic mass is 10.1. The van der Waals surface area contributed by atoms with Crippen LogP contribution in [0.5, 0.6) is 0 Å². The third-order valence-corrected chi connectivity index (χ3v) is 3.29. The van der Waals surface area contributed by atoms with Gasteiger partial charge in [-0.1, -0.05) is 12.0 Å². The molecule has 0 radical (unpaired) electrons. The van der Waals surface area contributed by atoms with Crippen molar-refractivity contribution in [3.63, 3.8) is 0 Å². The lowest BCUT2D eigenvalue weighted by Crippen LogP contribution is -2.25. The fourth-order valence-corrected chi connectivity index (χ4v) is 2.06. The molecular formula is C13H13N3OS. The van der Waals surface area contributed by atoms with E-state index in [2.05, 4.69) is 21.4 Å². The summed E-state index contributed by atoms with van der Waals surface area (Å²) in [5.41, 5.74) is 1.50. The fourth-order valence-electron chi connectivity index (χ4n) is 1.55. The summed E-state index contributed by atoms with van der Waals surface area (Å²) in [7, 11) is 0. The molecule has 0 saturated heterocycles. The zero-order valence-corrected chi connectivity index (χ0v) is 10.6. The number of hydrogen-bond acceptors (Lipinski definition) is 3. The van der Waals surface area contributed by atoms with Crippen molar-refractivity contribution in [2.75, 3.05) is 18.1 Å². The maximum Gasteiger partial charge on any atom is 0.251 e. The van der Waals surface area contributed by atoms with Crippen LogP contribution in [-0.2, 0) is 0 Å². The van der Waals surface area contributed by atoms with Crippen LogP contribution < -0.4 is 5.32 Å².